The van der Waals surface area contributed by atoms with Crippen LogP contribution in [0.5, 0.6) is 11.5 Å². The summed E-state index contributed by atoms with van der Waals surface area (Å²) < 4.78 is 13.8. The van der Waals surface area contributed by atoms with Gasteiger partial charge in [-0.1, -0.05) is 9.97 Å². The number of imidazole rings is 1. The summed E-state index contributed by atoms with van der Waals surface area (Å²) in [4.78, 5) is 26.8. The number of nitrogens with zero attached hydrogens (tertiary/aromatic N) is 4. The van der Waals surface area contributed by atoms with Gasteiger partial charge in [-0.15, -0.1) is 0 Å². The van der Waals surface area contributed by atoms with Crippen LogP contribution in [0.1, 0.15) is 19.3 Å². The van der Waals surface area contributed by atoms with Gasteiger partial charge in [0.1, 0.15) is 6.61 Å². The third kappa shape index (κ3) is 4.59. The number of carbonyl (C=O) groups is 1. The van der Waals surface area contributed by atoms with Gasteiger partial charge in [0.2, 0.25) is 30.0 Å². The van der Waals surface area contributed by atoms with Crippen LogP contribution < -0.4 is 19.8 Å². The van der Waals surface area contributed by atoms with E-state index in [1.807, 2.05) is 16.7 Å². The van der Waals surface area contributed by atoms with Gasteiger partial charge in [0, 0.05) is 22.5 Å². The molecule has 1 fully saturated rings. The highest BCUT2D eigenvalue weighted by Gasteiger charge is 2.25. The number of carbonyl (C=O) groups excluding carboxylic acids is 1. The van der Waals surface area contributed by atoms with Crippen LogP contribution in [-0.2, 0) is 11.3 Å². The molecule has 2 aliphatic heterocycles. The van der Waals surface area contributed by atoms with Crippen molar-refractivity contribution in [2.24, 2.45) is 5.92 Å². The lowest BCUT2D eigenvalue weighted by Gasteiger charge is -2.31. The highest BCUT2D eigenvalue weighted by molar-refractivity contribution is 9.10. The normalized spacial score (nSPS) is 16.0. The predicted molar refractivity (Wildman–Crippen MR) is 124 cm³/mol. The van der Waals surface area contributed by atoms with Crippen molar-refractivity contribution < 1.29 is 23.9 Å². The number of aliphatic hydroxyl groups is 1. The van der Waals surface area contributed by atoms with Gasteiger partial charge in [0.15, 0.2) is 17.0 Å². The number of piperidine rings is 1. The lowest BCUT2D eigenvalue weighted by Crippen LogP contribution is -2.41. The molecule has 1 amide bonds. The lowest BCUT2D eigenvalue weighted by molar-refractivity contribution is -0.677. The SMILES string of the molecule is Nc1nc[n+](CCC2CCN(C(=O)CO)CC2)c2nc(Sc3cc4c(cc3Br)OCO4)[nH]c12. The van der Waals surface area contributed by atoms with Crippen molar-refractivity contribution in [3.05, 3.63) is 22.9 Å². The topological polar surface area (TPSA) is 130 Å². The minimum Gasteiger partial charge on any atom is -0.454 e. The first kappa shape index (κ1) is 22.2. The number of aliphatic hydroxyl groups excluding tert-OH is 1. The number of halogens is 1. The van der Waals surface area contributed by atoms with E-state index in [0.29, 0.717) is 47.0 Å². The Hall–Kier alpha value is -2.57. The number of aryl methyl sites for hydroxylation is 1. The molecule has 4 heterocycles. The molecule has 0 aliphatic carbocycles. The van der Waals surface area contributed by atoms with Crippen LogP contribution >= 0.6 is 27.7 Å². The van der Waals surface area contributed by atoms with E-state index in [9.17, 15) is 4.79 Å². The monoisotopic (exact) mass is 535 g/mol. The third-order valence-corrected chi connectivity index (χ3v) is 7.90. The highest BCUT2D eigenvalue weighted by atomic mass is 79.9. The number of hydrogen-bond acceptors (Lipinski definition) is 8. The molecule has 3 aromatic rings. The van der Waals surface area contributed by atoms with Crippen molar-refractivity contribution in [1.82, 2.24) is 19.9 Å². The number of nitrogens with two attached hydrogens (primary N) is 1. The third-order valence-electron chi connectivity index (χ3n) is 6.04. The molecule has 33 heavy (non-hydrogen) atoms. The maximum absolute atomic E-state index is 11.7. The fourth-order valence-electron chi connectivity index (χ4n) is 4.17. The molecule has 2 aliphatic rings. The molecule has 10 nitrogen and oxygen atoms in total. The van der Waals surface area contributed by atoms with Crippen molar-refractivity contribution in [2.75, 3.05) is 32.2 Å². The van der Waals surface area contributed by atoms with Crippen LogP contribution in [0.15, 0.2) is 33.0 Å². The fraction of sp³-hybridized carbons (Fsp3) is 0.429. The molecular weight excluding hydrogens is 512 g/mol. The first-order valence-electron chi connectivity index (χ1n) is 10.7. The molecule has 12 heteroatoms. The average Bonchev–Trinajstić information content (AvgIpc) is 3.46. The van der Waals surface area contributed by atoms with Crippen LogP contribution in [0.2, 0.25) is 0 Å². The fourth-order valence-corrected chi connectivity index (χ4v) is 5.55. The zero-order chi connectivity index (χ0) is 22.9. The summed E-state index contributed by atoms with van der Waals surface area (Å²) in [5.41, 5.74) is 7.59. The second-order valence-electron chi connectivity index (χ2n) is 8.07. The Balaban J connectivity index is 1.30. The van der Waals surface area contributed by atoms with E-state index in [0.717, 1.165) is 40.8 Å². The second-order valence-corrected chi connectivity index (χ2v) is 9.96. The van der Waals surface area contributed by atoms with Gasteiger partial charge in [-0.3, -0.25) is 4.79 Å². The highest BCUT2D eigenvalue weighted by Crippen LogP contribution is 2.42. The first-order valence-corrected chi connectivity index (χ1v) is 12.3. The smallest absolute Gasteiger partial charge is 0.294 e. The number of nitrogens with one attached hydrogen (secondary N) is 1. The number of H-pyrrole nitrogens is 1. The molecule has 0 unspecified atom stereocenters. The summed E-state index contributed by atoms with van der Waals surface area (Å²) in [7, 11) is 0. The van der Waals surface area contributed by atoms with Gasteiger partial charge in [-0.05, 0) is 65.0 Å². The number of fused-ring (bicyclic) bond motifs is 2. The number of aromatic nitrogens is 4. The van der Waals surface area contributed by atoms with E-state index in [-0.39, 0.29) is 12.7 Å². The number of hydrogen-bond donors (Lipinski definition) is 3. The molecule has 0 radical (unpaired) electrons. The van der Waals surface area contributed by atoms with Gasteiger partial charge in [0.05, 0.1) is 6.54 Å². The Morgan fingerprint density at radius 1 is 1.33 bits per heavy atom. The Morgan fingerprint density at radius 2 is 2.09 bits per heavy atom. The maximum Gasteiger partial charge on any atom is 0.294 e. The molecule has 5 rings (SSSR count). The van der Waals surface area contributed by atoms with Crippen molar-refractivity contribution in [3.63, 3.8) is 0 Å². The van der Waals surface area contributed by atoms with E-state index in [1.54, 1.807) is 11.2 Å². The molecule has 174 valence electrons. The zero-order valence-electron chi connectivity index (χ0n) is 17.8. The summed E-state index contributed by atoms with van der Waals surface area (Å²) in [5, 5.41) is 9.74. The first-order chi connectivity index (χ1) is 16.0. The van der Waals surface area contributed by atoms with Crippen molar-refractivity contribution >= 4 is 50.6 Å². The second kappa shape index (κ2) is 9.35. The number of benzene rings is 1. The summed E-state index contributed by atoms with van der Waals surface area (Å²) in [5.74, 6) is 2.14. The zero-order valence-corrected chi connectivity index (χ0v) is 20.2. The number of anilines is 1. The molecule has 4 N–H and O–H groups in total. The molecule has 0 spiro atoms. The molecule has 2 aromatic heterocycles. The van der Waals surface area contributed by atoms with Gasteiger partial charge in [0.25, 0.3) is 5.65 Å². The summed E-state index contributed by atoms with van der Waals surface area (Å²) in [6, 6.07) is 3.82. The van der Waals surface area contributed by atoms with Crippen molar-refractivity contribution in [2.45, 2.75) is 35.9 Å². The molecule has 1 saturated heterocycles. The van der Waals surface area contributed by atoms with E-state index in [1.165, 1.54) is 11.8 Å². The maximum atomic E-state index is 11.7. The van der Waals surface area contributed by atoms with Gasteiger partial charge in [-0.2, -0.15) is 0 Å². The van der Waals surface area contributed by atoms with E-state index in [4.69, 9.17) is 25.3 Å². The van der Waals surface area contributed by atoms with Gasteiger partial charge in [-0.25, -0.2) is 4.57 Å². The van der Waals surface area contributed by atoms with E-state index in [2.05, 4.69) is 25.9 Å². The minimum absolute atomic E-state index is 0.192. The summed E-state index contributed by atoms with van der Waals surface area (Å²) in [6.45, 7) is 1.94. The van der Waals surface area contributed by atoms with Crippen LogP contribution in [0, 0.1) is 5.92 Å². The summed E-state index contributed by atoms with van der Waals surface area (Å²) >= 11 is 5.06. The predicted octanol–water partition coefficient (Wildman–Crippen LogP) is 2.09. The molecule has 0 bridgehead atoms. The van der Waals surface area contributed by atoms with Crippen molar-refractivity contribution in [1.29, 1.82) is 0 Å². The number of rotatable bonds is 6. The van der Waals surface area contributed by atoms with Crippen molar-refractivity contribution in [3.8, 4) is 11.5 Å². The largest absolute Gasteiger partial charge is 0.454 e. The Morgan fingerprint density at radius 3 is 2.85 bits per heavy atom. The Kier molecular flexibility index (Phi) is 6.30. The number of likely N-dealkylation sites (tertiary alicyclic amines) is 1. The minimum atomic E-state index is -0.419. The van der Waals surface area contributed by atoms with Gasteiger partial charge < -0.3 is 30.2 Å². The van der Waals surface area contributed by atoms with Crippen LogP contribution in [-0.4, -0.2) is 57.4 Å². The molecule has 1 aromatic carbocycles. The van der Waals surface area contributed by atoms with Gasteiger partial charge >= 0.3 is 0 Å². The van der Waals surface area contributed by atoms with E-state index < -0.39 is 6.61 Å². The molecule has 0 saturated carbocycles. The van der Waals surface area contributed by atoms with Crippen LogP contribution in [0.3, 0.4) is 0 Å². The Bertz CT molecular complexity index is 1200. The van der Waals surface area contributed by atoms with Crippen LogP contribution in [0.4, 0.5) is 5.82 Å². The molecule has 0 atom stereocenters. The quantitative estimate of drug-likeness (QED) is 0.409. The standard InChI is InChI=1S/C21H23BrN6O4S/c22-13-7-14-15(32-11-31-14)8-16(13)33-21-25-18-19(23)24-10-28(20(18)26-21)6-3-12-1-4-27(5-2-12)17(30)9-29/h7-8,10,12,29H,1-6,9,11H2,(H2,23,25,26)/p+1. The number of ether oxygens (including phenoxy) is 2. The molecular formula is C21H24BrN6O4S+. The average molecular weight is 536 g/mol. The number of nitrogen functional groups attached to an aromatic ring is 1. The van der Waals surface area contributed by atoms with E-state index >= 15 is 0 Å². The number of amides is 1. The Labute approximate surface area is 202 Å². The lowest BCUT2D eigenvalue weighted by atomic mass is 9.93. The van der Waals surface area contributed by atoms with Crippen LogP contribution in [0.25, 0.3) is 11.2 Å². The summed E-state index contributed by atoms with van der Waals surface area (Å²) in [6.07, 6.45) is 4.54. The number of aromatic amines is 1.